The average Bonchev–Trinajstić information content (AvgIpc) is 2.90. The van der Waals surface area contributed by atoms with E-state index in [1.807, 2.05) is 11.6 Å². The van der Waals surface area contributed by atoms with E-state index in [4.69, 9.17) is 0 Å². The molecule has 3 rings (SSSR count). The molecule has 0 unspecified atom stereocenters. The highest BCUT2D eigenvalue weighted by Gasteiger charge is 2.19. The molecule has 3 heterocycles. The van der Waals surface area contributed by atoms with Gasteiger partial charge in [0.15, 0.2) is 4.96 Å². The number of nitrogens with zero attached hydrogens (tertiary/aromatic N) is 3. The summed E-state index contributed by atoms with van der Waals surface area (Å²) in [6.45, 7) is 2.92. The molecule has 17 heavy (non-hydrogen) atoms. The number of aldehydes is 1. The highest BCUT2D eigenvalue weighted by Crippen LogP contribution is 2.18. The summed E-state index contributed by atoms with van der Waals surface area (Å²) in [6.07, 6.45) is 7.22. The van der Waals surface area contributed by atoms with Crippen LogP contribution in [-0.2, 0) is 11.3 Å². The molecule has 4 nitrogen and oxygen atoms in total. The smallest absolute Gasteiger partial charge is 0.193 e. The first kappa shape index (κ1) is 10.9. The van der Waals surface area contributed by atoms with Gasteiger partial charge in [-0.2, -0.15) is 0 Å². The molecule has 0 atom stereocenters. The summed E-state index contributed by atoms with van der Waals surface area (Å²) in [5, 5.41) is 2.04. The highest BCUT2D eigenvalue weighted by molar-refractivity contribution is 7.15. The van der Waals surface area contributed by atoms with Gasteiger partial charge in [-0.05, 0) is 25.9 Å². The summed E-state index contributed by atoms with van der Waals surface area (Å²) in [5.41, 5.74) is 1.13. The van der Waals surface area contributed by atoms with Crippen LogP contribution in [0.25, 0.3) is 4.96 Å². The molecule has 90 valence electrons. The fourth-order valence-electron chi connectivity index (χ4n) is 2.33. The zero-order valence-electron chi connectivity index (χ0n) is 9.58. The molecule has 0 bridgehead atoms. The second-order valence-electron chi connectivity index (χ2n) is 4.57. The van der Waals surface area contributed by atoms with Gasteiger partial charge in [0.1, 0.15) is 6.29 Å². The van der Waals surface area contributed by atoms with Crippen molar-refractivity contribution in [3.05, 3.63) is 23.5 Å². The van der Waals surface area contributed by atoms with Gasteiger partial charge in [-0.3, -0.25) is 9.30 Å². The third-order valence-corrected chi connectivity index (χ3v) is 4.12. The molecule has 0 aromatic carbocycles. The van der Waals surface area contributed by atoms with Crippen LogP contribution in [0.1, 0.15) is 18.5 Å². The predicted molar refractivity (Wildman–Crippen MR) is 67.1 cm³/mol. The van der Waals surface area contributed by atoms with Gasteiger partial charge in [0, 0.05) is 30.2 Å². The monoisotopic (exact) mass is 249 g/mol. The van der Waals surface area contributed by atoms with E-state index in [0.717, 1.165) is 49.4 Å². The van der Waals surface area contributed by atoms with Crippen LogP contribution in [0.5, 0.6) is 0 Å². The lowest BCUT2D eigenvalue weighted by Gasteiger charge is -2.28. The van der Waals surface area contributed by atoms with Crippen LogP contribution in [0.4, 0.5) is 0 Å². The van der Waals surface area contributed by atoms with Crippen LogP contribution in [-0.4, -0.2) is 33.7 Å². The maximum atomic E-state index is 10.7. The Balaban J connectivity index is 1.64. The summed E-state index contributed by atoms with van der Waals surface area (Å²) in [6, 6.07) is 0. The minimum atomic E-state index is 0.275. The molecule has 0 amide bonds. The number of rotatable bonds is 3. The van der Waals surface area contributed by atoms with Gasteiger partial charge in [-0.1, -0.05) is 0 Å². The fourth-order valence-corrected chi connectivity index (χ4v) is 3.05. The Kier molecular flexibility index (Phi) is 2.94. The molecule has 1 fully saturated rings. The Labute approximate surface area is 104 Å². The first-order chi connectivity index (χ1) is 8.35. The van der Waals surface area contributed by atoms with E-state index in [0.29, 0.717) is 0 Å². The zero-order valence-corrected chi connectivity index (χ0v) is 10.4. The van der Waals surface area contributed by atoms with Crippen molar-refractivity contribution >= 4 is 22.6 Å². The topological polar surface area (TPSA) is 37.6 Å². The van der Waals surface area contributed by atoms with Gasteiger partial charge in [0.25, 0.3) is 0 Å². The first-order valence-corrected chi connectivity index (χ1v) is 6.82. The Bertz CT molecular complexity index is 482. The minimum absolute atomic E-state index is 0.275. The summed E-state index contributed by atoms with van der Waals surface area (Å²) >= 11 is 1.66. The van der Waals surface area contributed by atoms with Crippen molar-refractivity contribution in [3.63, 3.8) is 0 Å². The summed E-state index contributed by atoms with van der Waals surface area (Å²) in [5.74, 6) is 0.275. The highest BCUT2D eigenvalue weighted by atomic mass is 32.1. The molecule has 0 aliphatic carbocycles. The maximum absolute atomic E-state index is 10.7. The van der Waals surface area contributed by atoms with E-state index >= 15 is 0 Å². The Morgan fingerprint density at radius 1 is 1.47 bits per heavy atom. The lowest BCUT2D eigenvalue weighted by atomic mass is 9.99. The Morgan fingerprint density at radius 2 is 2.29 bits per heavy atom. The van der Waals surface area contributed by atoms with Crippen molar-refractivity contribution < 1.29 is 4.79 Å². The number of thiazole rings is 1. The van der Waals surface area contributed by atoms with Gasteiger partial charge in [0.2, 0.25) is 0 Å². The molecular weight excluding hydrogens is 234 g/mol. The van der Waals surface area contributed by atoms with Gasteiger partial charge < -0.3 is 4.79 Å². The van der Waals surface area contributed by atoms with Crippen LogP contribution >= 0.6 is 11.3 Å². The predicted octanol–water partition coefficient (Wildman–Crippen LogP) is 1.81. The molecular formula is C12H15N3OS. The van der Waals surface area contributed by atoms with E-state index < -0.39 is 0 Å². The number of carbonyl (C=O) groups is 1. The Morgan fingerprint density at radius 3 is 3.00 bits per heavy atom. The second kappa shape index (κ2) is 4.58. The molecule has 1 aliphatic heterocycles. The van der Waals surface area contributed by atoms with Crippen molar-refractivity contribution in [1.82, 2.24) is 14.3 Å². The SMILES string of the molecule is O=CC1CCN(Cc2cn3ccsc3n2)CC1. The van der Waals surface area contributed by atoms with Gasteiger partial charge in [-0.25, -0.2) is 4.98 Å². The van der Waals surface area contributed by atoms with Gasteiger partial charge >= 0.3 is 0 Å². The van der Waals surface area contributed by atoms with Crippen LogP contribution in [0.15, 0.2) is 17.8 Å². The number of fused-ring (bicyclic) bond motifs is 1. The number of carbonyl (C=O) groups excluding carboxylic acids is 1. The third kappa shape index (κ3) is 2.25. The second-order valence-corrected chi connectivity index (χ2v) is 5.45. The minimum Gasteiger partial charge on any atom is -0.303 e. The molecule has 1 aliphatic rings. The van der Waals surface area contributed by atoms with Crippen LogP contribution in [0.3, 0.4) is 0 Å². The van der Waals surface area contributed by atoms with E-state index in [1.54, 1.807) is 11.3 Å². The lowest BCUT2D eigenvalue weighted by Crippen LogP contribution is -2.33. The van der Waals surface area contributed by atoms with Crippen molar-refractivity contribution in [1.29, 1.82) is 0 Å². The first-order valence-electron chi connectivity index (χ1n) is 5.94. The van der Waals surface area contributed by atoms with E-state index in [9.17, 15) is 4.79 Å². The largest absolute Gasteiger partial charge is 0.303 e. The number of piperidine rings is 1. The van der Waals surface area contributed by atoms with Crippen molar-refractivity contribution in [2.45, 2.75) is 19.4 Å². The molecule has 2 aromatic heterocycles. The molecule has 0 saturated carbocycles. The maximum Gasteiger partial charge on any atom is 0.193 e. The van der Waals surface area contributed by atoms with Crippen LogP contribution in [0.2, 0.25) is 0 Å². The quantitative estimate of drug-likeness (QED) is 0.779. The zero-order chi connectivity index (χ0) is 11.7. The number of likely N-dealkylation sites (tertiary alicyclic amines) is 1. The van der Waals surface area contributed by atoms with Crippen molar-refractivity contribution in [2.75, 3.05) is 13.1 Å². The van der Waals surface area contributed by atoms with Crippen LogP contribution in [0, 0.1) is 5.92 Å². The fraction of sp³-hybridized carbons (Fsp3) is 0.500. The van der Waals surface area contributed by atoms with Crippen LogP contribution < -0.4 is 0 Å². The number of hydrogen-bond acceptors (Lipinski definition) is 4. The number of imidazole rings is 1. The molecule has 5 heteroatoms. The van der Waals surface area contributed by atoms with Crippen molar-refractivity contribution in [2.24, 2.45) is 5.92 Å². The number of hydrogen-bond donors (Lipinski definition) is 0. The average molecular weight is 249 g/mol. The number of aromatic nitrogens is 2. The van der Waals surface area contributed by atoms with E-state index in [2.05, 4.69) is 20.5 Å². The van der Waals surface area contributed by atoms with E-state index in [-0.39, 0.29) is 5.92 Å². The van der Waals surface area contributed by atoms with Crippen molar-refractivity contribution in [3.8, 4) is 0 Å². The molecule has 2 aromatic rings. The summed E-state index contributed by atoms with van der Waals surface area (Å²) in [7, 11) is 0. The van der Waals surface area contributed by atoms with Gasteiger partial charge in [0.05, 0.1) is 5.69 Å². The molecule has 0 N–H and O–H groups in total. The lowest BCUT2D eigenvalue weighted by molar-refractivity contribution is -0.112. The third-order valence-electron chi connectivity index (χ3n) is 3.35. The molecule has 1 saturated heterocycles. The molecule has 0 spiro atoms. The van der Waals surface area contributed by atoms with Gasteiger partial charge in [-0.15, -0.1) is 11.3 Å². The standard InChI is InChI=1S/C12H15N3OS/c16-9-10-1-3-14(4-2-10)7-11-8-15-5-6-17-12(15)13-11/h5-6,8-10H,1-4,7H2. The summed E-state index contributed by atoms with van der Waals surface area (Å²) < 4.78 is 2.07. The van der Waals surface area contributed by atoms with E-state index in [1.165, 1.54) is 0 Å². The molecule has 0 radical (unpaired) electrons. The normalized spacial score (nSPS) is 18.8. The summed E-state index contributed by atoms with van der Waals surface area (Å²) in [4.78, 5) is 18.7. The Hall–Kier alpha value is -1.20.